The summed E-state index contributed by atoms with van der Waals surface area (Å²) in [5.74, 6) is 1.20. The summed E-state index contributed by atoms with van der Waals surface area (Å²) >= 11 is 9.55. The molecule has 0 aromatic heterocycles. The molecule has 2 aromatic rings. The van der Waals surface area contributed by atoms with E-state index < -0.39 is 5.91 Å². The topological polar surface area (TPSA) is 69.2 Å². The van der Waals surface area contributed by atoms with E-state index in [-0.39, 0.29) is 6.61 Å². The number of hydrazone groups is 1. The minimum Gasteiger partial charge on any atom is -0.493 e. The highest BCUT2D eigenvalue weighted by Crippen LogP contribution is 2.32. The van der Waals surface area contributed by atoms with Crippen LogP contribution < -0.4 is 19.6 Å². The Kier molecular flexibility index (Phi) is 7.29. The third kappa shape index (κ3) is 5.37. The second-order valence-corrected chi connectivity index (χ2v) is 6.51. The normalized spacial score (nSPS) is 10.7. The van der Waals surface area contributed by atoms with Crippen molar-refractivity contribution in [2.75, 3.05) is 20.8 Å². The number of hydrogen-bond acceptors (Lipinski definition) is 5. The van der Waals surface area contributed by atoms with Crippen molar-refractivity contribution >= 4 is 39.7 Å². The number of methoxy groups -OCH3 is 2. The van der Waals surface area contributed by atoms with Crippen LogP contribution in [0, 0.1) is 6.92 Å². The van der Waals surface area contributed by atoms with Crippen LogP contribution in [0.15, 0.2) is 39.9 Å². The Morgan fingerprint density at radius 1 is 1.19 bits per heavy atom. The van der Waals surface area contributed by atoms with Crippen molar-refractivity contribution in [1.82, 2.24) is 5.43 Å². The fourth-order valence-electron chi connectivity index (χ4n) is 2.04. The highest BCUT2D eigenvalue weighted by Gasteiger charge is 2.09. The first kappa shape index (κ1) is 20.1. The summed E-state index contributed by atoms with van der Waals surface area (Å²) in [6.45, 7) is 1.80. The van der Waals surface area contributed by atoms with Crippen molar-refractivity contribution in [3.05, 3.63) is 51.0 Å². The average molecular weight is 442 g/mol. The van der Waals surface area contributed by atoms with Crippen LogP contribution in [-0.4, -0.2) is 32.9 Å². The molecule has 2 rings (SSSR count). The number of rotatable bonds is 7. The van der Waals surface area contributed by atoms with Crippen molar-refractivity contribution in [1.29, 1.82) is 0 Å². The lowest BCUT2D eigenvalue weighted by Gasteiger charge is -2.09. The van der Waals surface area contributed by atoms with Gasteiger partial charge in [-0.3, -0.25) is 4.79 Å². The zero-order valence-electron chi connectivity index (χ0n) is 14.5. The molecule has 1 N–H and O–H groups in total. The summed E-state index contributed by atoms with van der Waals surface area (Å²) in [6.07, 6.45) is 1.42. The molecule has 0 unspecified atom stereocenters. The van der Waals surface area contributed by atoms with E-state index in [0.717, 1.165) is 10.0 Å². The Balaban J connectivity index is 1.94. The summed E-state index contributed by atoms with van der Waals surface area (Å²) in [5.41, 5.74) is 4.05. The number of carbonyl (C=O) groups excluding carboxylic acids is 1. The molecule has 0 bridgehead atoms. The fraction of sp³-hybridized carbons (Fsp3) is 0.222. The molecule has 0 aliphatic carbocycles. The molecule has 0 radical (unpaired) electrons. The van der Waals surface area contributed by atoms with Gasteiger partial charge >= 0.3 is 0 Å². The first-order valence-electron chi connectivity index (χ1n) is 7.57. The van der Waals surface area contributed by atoms with Gasteiger partial charge < -0.3 is 14.2 Å². The van der Waals surface area contributed by atoms with Gasteiger partial charge in [0.2, 0.25) is 0 Å². The maximum absolute atomic E-state index is 11.9. The molecule has 0 aliphatic rings. The van der Waals surface area contributed by atoms with Crippen LogP contribution in [0.2, 0.25) is 5.02 Å². The summed E-state index contributed by atoms with van der Waals surface area (Å²) in [7, 11) is 3.05. The van der Waals surface area contributed by atoms with Gasteiger partial charge in [-0.25, -0.2) is 5.43 Å². The quantitative estimate of drug-likeness (QED) is 0.522. The predicted octanol–water partition coefficient (Wildman–Crippen LogP) is 3.96. The van der Waals surface area contributed by atoms with E-state index in [4.69, 9.17) is 25.8 Å². The number of nitrogens with zero attached hydrogens (tertiary/aromatic N) is 1. The number of carbonyl (C=O) groups is 1. The highest BCUT2D eigenvalue weighted by molar-refractivity contribution is 9.10. The largest absolute Gasteiger partial charge is 0.493 e. The van der Waals surface area contributed by atoms with Crippen molar-refractivity contribution in [3.8, 4) is 17.2 Å². The van der Waals surface area contributed by atoms with Crippen LogP contribution in [0.4, 0.5) is 0 Å². The molecule has 0 atom stereocenters. The van der Waals surface area contributed by atoms with Gasteiger partial charge in [-0.05, 0) is 46.6 Å². The average Bonchev–Trinajstić information content (AvgIpc) is 2.62. The Morgan fingerprint density at radius 3 is 2.54 bits per heavy atom. The third-order valence-electron chi connectivity index (χ3n) is 3.34. The second kappa shape index (κ2) is 9.45. The van der Waals surface area contributed by atoms with E-state index in [0.29, 0.717) is 27.8 Å². The van der Waals surface area contributed by atoms with Crippen molar-refractivity contribution < 1.29 is 19.0 Å². The standard InChI is InChI=1S/C18H18BrClN2O4/c1-11-4-5-15(13(19)6-11)26-10-18(23)22-21-9-12-7-16(24-2)17(25-3)8-14(12)20/h4-9H,10H2,1-3H3,(H,22,23)/b21-9+. The Labute approximate surface area is 165 Å². The van der Waals surface area contributed by atoms with Crippen molar-refractivity contribution in [2.24, 2.45) is 5.10 Å². The molecule has 0 fully saturated rings. The van der Waals surface area contributed by atoms with Gasteiger partial charge in [0.05, 0.1) is 29.9 Å². The molecule has 2 aromatic carbocycles. The number of halogens is 2. The smallest absolute Gasteiger partial charge is 0.277 e. The molecule has 1 amide bonds. The molecule has 0 aliphatic heterocycles. The molecule has 0 heterocycles. The first-order chi connectivity index (χ1) is 12.4. The molecule has 0 spiro atoms. The lowest BCUT2D eigenvalue weighted by atomic mass is 10.2. The van der Waals surface area contributed by atoms with Gasteiger partial charge in [-0.2, -0.15) is 5.10 Å². The number of benzene rings is 2. The van der Waals surface area contributed by atoms with Crippen LogP contribution in [0.5, 0.6) is 17.2 Å². The second-order valence-electron chi connectivity index (χ2n) is 5.24. The van der Waals surface area contributed by atoms with E-state index in [1.807, 2.05) is 19.1 Å². The van der Waals surface area contributed by atoms with E-state index in [1.165, 1.54) is 20.4 Å². The predicted molar refractivity (Wildman–Crippen MR) is 105 cm³/mol. The molecule has 6 nitrogen and oxygen atoms in total. The van der Waals surface area contributed by atoms with Gasteiger partial charge in [0.25, 0.3) is 5.91 Å². The first-order valence-corrected chi connectivity index (χ1v) is 8.74. The molecular weight excluding hydrogens is 424 g/mol. The number of amides is 1. The van der Waals surface area contributed by atoms with Crippen LogP contribution >= 0.6 is 27.5 Å². The van der Waals surface area contributed by atoms with Gasteiger partial charge in [0, 0.05) is 11.6 Å². The van der Waals surface area contributed by atoms with Gasteiger partial charge in [0.1, 0.15) is 5.75 Å². The van der Waals surface area contributed by atoms with Crippen LogP contribution in [0.25, 0.3) is 0 Å². The van der Waals surface area contributed by atoms with E-state index in [1.54, 1.807) is 18.2 Å². The summed E-state index contributed by atoms with van der Waals surface area (Å²) in [6, 6.07) is 8.87. The van der Waals surface area contributed by atoms with Gasteiger partial charge in [0.15, 0.2) is 18.1 Å². The minimum absolute atomic E-state index is 0.168. The molecule has 8 heteroatoms. The molecule has 0 saturated carbocycles. The number of hydrogen-bond donors (Lipinski definition) is 1. The molecule has 26 heavy (non-hydrogen) atoms. The van der Waals surface area contributed by atoms with E-state index in [2.05, 4.69) is 26.5 Å². The van der Waals surface area contributed by atoms with Crippen LogP contribution in [0.3, 0.4) is 0 Å². The summed E-state index contributed by atoms with van der Waals surface area (Å²) in [5, 5.41) is 4.30. The summed E-state index contributed by atoms with van der Waals surface area (Å²) < 4.78 is 16.6. The minimum atomic E-state index is -0.398. The van der Waals surface area contributed by atoms with Crippen LogP contribution in [0.1, 0.15) is 11.1 Å². The lowest BCUT2D eigenvalue weighted by Crippen LogP contribution is -2.24. The summed E-state index contributed by atoms with van der Waals surface area (Å²) in [4.78, 5) is 11.9. The van der Waals surface area contributed by atoms with Gasteiger partial charge in [-0.15, -0.1) is 0 Å². The van der Waals surface area contributed by atoms with Crippen molar-refractivity contribution in [2.45, 2.75) is 6.92 Å². The maximum atomic E-state index is 11.9. The fourth-order valence-corrected chi connectivity index (χ4v) is 2.85. The van der Waals surface area contributed by atoms with Gasteiger partial charge in [-0.1, -0.05) is 17.7 Å². The zero-order valence-corrected chi connectivity index (χ0v) is 16.8. The number of aryl methyl sites for hydroxylation is 1. The van der Waals surface area contributed by atoms with Crippen LogP contribution in [-0.2, 0) is 4.79 Å². The third-order valence-corrected chi connectivity index (χ3v) is 4.29. The molecule has 138 valence electrons. The van der Waals surface area contributed by atoms with E-state index >= 15 is 0 Å². The number of nitrogens with one attached hydrogen (secondary N) is 1. The Bertz CT molecular complexity index is 827. The molecular formula is C18H18BrClN2O4. The SMILES string of the molecule is COc1cc(Cl)c(/C=N/NC(=O)COc2ccc(C)cc2Br)cc1OC. The Hall–Kier alpha value is -2.25. The highest BCUT2D eigenvalue weighted by atomic mass is 79.9. The maximum Gasteiger partial charge on any atom is 0.277 e. The lowest BCUT2D eigenvalue weighted by molar-refractivity contribution is -0.123. The van der Waals surface area contributed by atoms with E-state index in [9.17, 15) is 4.79 Å². The zero-order chi connectivity index (χ0) is 19.1. The molecule has 0 saturated heterocycles. The van der Waals surface area contributed by atoms with Crippen molar-refractivity contribution in [3.63, 3.8) is 0 Å². The number of ether oxygens (including phenoxy) is 3. The Morgan fingerprint density at radius 2 is 1.88 bits per heavy atom. The monoisotopic (exact) mass is 440 g/mol.